The molecule has 0 unspecified atom stereocenters. The van der Waals surface area contributed by atoms with E-state index in [1.54, 1.807) is 6.92 Å². The van der Waals surface area contributed by atoms with E-state index in [0.29, 0.717) is 0 Å². The number of aliphatic carboxylic acids is 1. The Morgan fingerprint density at radius 2 is 1.89 bits per heavy atom. The standard InChI is InChI=1S/C13H15NO4/c1-13(11(15)16)8-14(9-13,12(17)18)7-10-5-3-2-4-6-10/h2-6H,7-9H2,1H3,(H-,15,16,17,18). The number of nitrogens with zero attached hydrogens (tertiary/aromatic N) is 1. The number of amides is 1. The molecule has 1 saturated heterocycles. The highest BCUT2D eigenvalue weighted by Gasteiger charge is 2.59. The molecule has 5 nitrogen and oxygen atoms in total. The summed E-state index contributed by atoms with van der Waals surface area (Å²) in [6, 6.07) is 9.18. The van der Waals surface area contributed by atoms with Crippen molar-refractivity contribution in [3.8, 4) is 0 Å². The Labute approximate surface area is 105 Å². The number of benzene rings is 1. The second kappa shape index (κ2) is 4.10. The second-order valence-electron chi connectivity index (χ2n) is 5.24. The van der Waals surface area contributed by atoms with Gasteiger partial charge in [-0.15, -0.1) is 0 Å². The predicted molar refractivity (Wildman–Crippen MR) is 61.3 cm³/mol. The van der Waals surface area contributed by atoms with E-state index in [1.807, 2.05) is 30.3 Å². The zero-order valence-electron chi connectivity index (χ0n) is 10.1. The number of likely N-dealkylation sites (tertiary alicyclic amines) is 1. The topological polar surface area (TPSA) is 77.4 Å². The number of hydrogen-bond acceptors (Lipinski definition) is 3. The van der Waals surface area contributed by atoms with Crippen molar-refractivity contribution in [3.05, 3.63) is 35.9 Å². The van der Waals surface area contributed by atoms with Crippen LogP contribution in [0.25, 0.3) is 0 Å². The van der Waals surface area contributed by atoms with E-state index in [9.17, 15) is 14.7 Å². The Morgan fingerprint density at radius 3 is 2.33 bits per heavy atom. The first-order valence-corrected chi connectivity index (χ1v) is 5.73. The molecule has 18 heavy (non-hydrogen) atoms. The van der Waals surface area contributed by atoms with Crippen LogP contribution in [-0.4, -0.2) is 34.7 Å². The average molecular weight is 249 g/mol. The molecule has 0 spiro atoms. The minimum absolute atomic E-state index is 0.0690. The second-order valence-corrected chi connectivity index (χ2v) is 5.24. The van der Waals surface area contributed by atoms with Crippen molar-refractivity contribution in [2.24, 2.45) is 5.41 Å². The lowest BCUT2D eigenvalue weighted by Crippen LogP contribution is -2.75. The van der Waals surface area contributed by atoms with Crippen LogP contribution in [0.1, 0.15) is 12.5 Å². The Morgan fingerprint density at radius 1 is 1.33 bits per heavy atom. The van der Waals surface area contributed by atoms with Crippen molar-refractivity contribution in [2.75, 3.05) is 13.1 Å². The zero-order chi connectivity index (χ0) is 13.4. The molecule has 1 aromatic carbocycles. The van der Waals surface area contributed by atoms with Crippen LogP contribution in [-0.2, 0) is 11.3 Å². The van der Waals surface area contributed by atoms with Gasteiger partial charge in [0.15, 0.2) is 5.41 Å². The summed E-state index contributed by atoms with van der Waals surface area (Å²) in [7, 11) is 0. The van der Waals surface area contributed by atoms with Crippen molar-refractivity contribution < 1.29 is 24.3 Å². The third-order valence-electron chi connectivity index (χ3n) is 3.53. The van der Waals surface area contributed by atoms with Crippen molar-refractivity contribution in [1.82, 2.24) is 0 Å². The Bertz CT molecular complexity index is 477. The summed E-state index contributed by atoms with van der Waals surface area (Å²) in [5.41, 5.74) is -0.0939. The highest BCUT2D eigenvalue weighted by Crippen LogP contribution is 2.38. The predicted octanol–water partition coefficient (Wildman–Crippen LogP) is 0.451. The minimum atomic E-state index is -1.21. The van der Waals surface area contributed by atoms with Crippen LogP contribution in [0.15, 0.2) is 30.3 Å². The van der Waals surface area contributed by atoms with Gasteiger partial charge in [0.25, 0.3) is 6.09 Å². The van der Waals surface area contributed by atoms with E-state index < -0.39 is 17.5 Å². The number of rotatable bonds is 3. The van der Waals surface area contributed by atoms with Gasteiger partial charge in [0.1, 0.15) is 19.6 Å². The third-order valence-corrected chi connectivity index (χ3v) is 3.53. The molecule has 1 heterocycles. The van der Waals surface area contributed by atoms with E-state index in [1.165, 1.54) is 0 Å². The number of carbonyl (C=O) groups excluding carboxylic acids is 1. The summed E-state index contributed by atoms with van der Waals surface area (Å²) in [5.74, 6) is -0.953. The third kappa shape index (κ3) is 1.97. The van der Waals surface area contributed by atoms with Gasteiger partial charge in [-0.25, -0.2) is 0 Å². The van der Waals surface area contributed by atoms with E-state index >= 15 is 0 Å². The Balaban J connectivity index is 2.18. The lowest BCUT2D eigenvalue weighted by Gasteiger charge is -2.53. The molecule has 1 aliphatic heterocycles. The number of carboxylic acid groups (broad SMARTS) is 2. The van der Waals surface area contributed by atoms with Crippen LogP contribution in [0.5, 0.6) is 0 Å². The molecule has 96 valence electrons. The van der Waals surface area contributed by atoms with Crippen LogP contribution in [0.3, 0.4) is 0 Å². The molecule has 1 aliphatic rings. The van der Waals surface area contributed by atoms with Crippen LogP contribution in [0.4, 0.5) is 4.79 Å². The number of carboxylic acids is 1. The normalized spacial score (nSPS) is 30.5. The monoisotopic (exact) mass is 249 g/mol. The molecule has 0 bridgehead atoms. The minimum Gasteiger partial charge on any atom is -0.498 e. The largest absolute Gasteiger partial charge is 0.498 e. The van der Waals surface area contributed by atoms with E-state index in [-0.39, 0.29) is 24.1 Å². The zero-order valence-corrected chi connectivity index (χ0v) is 10.1. The fraction of sp³-hybridized carbons (Fsp3) is 0.385. The van der Waals surface area contributed by atoms with Crippen molar-refractivity contribution >= 4 is 12.1 Å². The van der Waals surface area contributed by atoms with Gasteiger partial charge in [0, 0.05) is 5.56 Å². The van der Waals surface area contributed by atoms with Gasteiger partial charge in [-0.05, 0) is 6.92 Å². The molecular weight excluding hydrogens is 234 g/mol. The maximum atomic E-state index is 11.3. The van der Waals surface area contributed by atoms with Gasteiger partial charge < -0.3 is 15.0 Å². The van der Waals surface area contributed by atoms with Gasteiger partial charge in [0.05, 0.1) is 0 Å². The average Bonchev–Trinajstić information content (AvgIpc) is 2.27. The summed E-state index contributed by atoms with van der Waals surface area (Å²) >= 11 is 0. The quantitative estimate of drug-likeness (QED) is 0.789. The molecule has 0 saturated carbocycles. The first-order valence-electron chi connectivity index (χ1n) is 5.73. The molecule has 1 amide bonds. The maximum absolute atomic E-state index is 11.3. The Hall–Kier alpha value is -1.88. The van der Waals surface area contributed by atoms with E-state index in [2.05, 4.69) is 0 Å². The summed E-state index contributed by atoms with van der Waals surface area (Å²) in [5, 5.41) is 20.3. The highest BCUT2D eigenvalue weighted by molar-refractivity contribution is 5.76. The van der Waals surface area contributed by atoms with Gasteiger partial charge in [-0.2, -0.15) is 0 Å². The van der Waals surface area contributed by atoms with Crippen molar-refractivity contribution in [1.29, 1.82) is 0 Å². The summed E-state index contributed by atoms with van der Waals surface area (Å²) < 4.78 is -0.313. The van der Waals surface area contributed by atoms with Crippen LogP contribution in [0, 0.1) is 5.41 Å². The summed E-state index contributed by atoms with van der Waals surface area (Å²) in [6.07, 6.45) is -1.21. The van der Waals surface area contributed by atoms with Crippen LogP contribution in [0.2, 0.25) is 0 Å². The smallest absolute Gasteiger partial charge is 0.320 e. The Kier molecular flexibility index (Phi) is 2.86. The fourth-order valence-corrected chi connectivity index (χ4v) is 2.66. The lowest BCUT2D eigenvalue weighted by molar-refractivity contribution is -0.941. The van der Waals surface area contributed by atoms with Gasteiger partial charge in [-0.3, -0.25) is 9.28 Å². The number of carbonyl (C=O) groups is 2. The van der Waals surface area contributed by atoms with Gasteiger partial charge in [-0.1, -0.05) is 30.3 Å². The molecule has 0 radical (unpaired) electrons. The highest BCUT2D eigenvalue weighted by atomic mass is 16.4. The van der Waals surface area contributed by atoms with E-state index in [4.69, 9.17) is 5.11 Å². The first kappa shape index (κ1) is 12.6. The van der Waals surface area contributed by atoms with Gasteiger partial charge in [0.2, 0.25) is 0 Å². The molecule has 0 aromatic heterocycles. The van der Waals surface area contributed by atoms with Crippen molar-refractivity contribution in [3.63, 3.8) is 0 Å². The van der Waals surface area contributed by atoms with Crippen molar-refractivity contribution in [2.45, 2.75) is 13.5 Å². The molecule has 1 aromatic rings. The maximum Gasteiger partial charge on any atom is 0.320 e. The molecule has 0 atom stereocenters. The van der Waals surface area contributed by atoms with Crippen LogP contribution < -0.4 is 5.11 Å². The molecule has 5 heteroatoms. The summed E-state index contributed by atoms with van der Waals surface area (Å²) in [4.78, 5) is 22.3. The van der Waals surface area contributed by atoms with Gasteiger partial charge >= 0.3 is 5.97 Å². The van der Waals surface area contributed by atoms with E-state index in [0.717, 1.165) is 5.56 Å². The summed E-state index contributed by atoms with van der Waals surface area (Å²) in [6.45, 7) is 1.98. The molecule has 1 fully saturated rings. The lowest BCUT2D eigenvalue weighted by atomic mass is 9.79. The SMILES string of the molecule is CC1(C(=O)O)C[N+](Cc2ccccc2)(C(=O)[O-])C1. The molecule has 2 rings (SSSR count). The van der Waals surface area contributed by atoms with Crippen LogP contribution >= 0.6 is 0 Å². The first-order chi connectivity index (χ1) is 8.38. The molecule has 1 N–H and O–H groups in total. The molecular formula is C13H15NO4. The fourth-order valence-electron chi connectivity index (χ4n) is 2.66. The number of hydrogen-bond donors (Lipinski definition) is 1. The number of quaternary nitrogens is 1. The molecule has 0 aliphatic carbocycles.